The van der Waals surface area contributed by atoms with Gasteiger partial charge in [-0.2, -0.15) is 0 Å². The molecule has 1 amide bonds. The molecule has 1 aromatic rings. The minimum atomic E-state index is 0.0534. The minimum Gasteiger partial charge on any atom is -0.493 e. The molecule has 25 heavy (non-hydrogen) atoms. The van der Waals surface area contributed by atoms with Crippen LogP contribution in [0.25, 0.3) is 0 Å². The molecule has 0 radical (unpaired) electrons. The Bertz CT molecular complexity index is 558. The largest absolute Gasteiger partial charge is 0.493 e. The Morgan fingerprint density at radius 2 is 1.72 bits per heavy atom. The van der Waals surface area contributed by atoms with E-state index in [0.717, 1.165) is 31.5 Å². The molecule has 6 heteroatoms. The number of hydrogen-bond acceptors (Lipinski definition) is 5. The quantitative estimate of drug-likeness (QED) is 0.817. The van der Waals surface area contributed by atoms with Gasteiger partial charge < -0.3 is 24.4 Å². The van der Waals surface area contributed by atoms with Crippen molar-refractivity contribution in [1.29, 1.82) is 0 Å². The lowest BCUT2D eigenvalue weighted by atomic mass is 9.78. The molecule has 1 unspecified atom stereocenters. The van der Waals surface area contributed by atoms with E-state index in [1.807, 2.05) is 12.1 Å². The highest BCUT2D eigenvalue weighted by molar-refractivity contribution is 5.76. The summed E-state index contributed by atoms with van der Waals surface area (Å²) in [6, 6.07) is 3.96. The van der Waals surface area contributed by atoms with E-state index in [1.165, 1.54) is 0 Å². The van der Waals surface area contributed by atoms with E-state index in [4.69, 9.17) is 14.2 Å². The van der Waals surface area contributed by atoms with E-state index in [-0.39, 0.29) is 11.8 Å². The summed E-state index contributed by atoms with van der Waals surface area (Å²) in [7, 11) is 8.65. The molecule has 0 saturated carbocycles. The number of nitrogens with one attached hydrogen (secondary N) is 1. The molecular formula is C19H30N2O4. The second kappa shape index (κ2) is 8.94. The molecule has 1 aliphatic heterocycles. The zero-order valence-corrected chi connectivity index (χ0v) is 15.9. The maximum Gasteiger partial charge on any atom is 0.220 e. The topological polar surface area (TPSA) is 60.0 Å². The highest BCUT2D eigenvalue weighted by Crippen LogP contribution is 2.43. The molecule has 2 rings (SSSR count). The highest BCUT2D eigenvalue weighted by atomic mass is 16.5. The third-order valence-electron chi connectivity index (χ3n) is 5.13. The predicted molar refractivity (Wildman–Crippen MR) is 97.7 cm³/mol. The first-order chi connectivity index (χ1) is 12.0. The molecule has 0 bridgehead atoms. The average Bonchev–Trinajstić information content (AvgIpc) is 2.65. The van der Waals surface area contributed by atoms with Gasteiger partial charge >= 0.3 is 0 Å². The molecule has 1 saturated heterocycles. The zero-order chi connectivity index (χ0) is 18.4. The molecule has 0 spiro atoms. The van der Waals surface area contributed by atoms with Gasteiger partial charge in [0.2, 0.25) is 11.7 Å². The van der Waals surface area contributed by atoms with Crippen LogP contribution in [0.3, 0.4) is 0 Å². The lowest BCUT2D eigenvalue weighted by Gasteiger charge is -2.34. The first-order valence-corrected chi connectivity index (χ1v) is 8.73. The van der Waals surface area contributed by atoms with Crippen LogP contribution in [-0.4, -0.2) is 59.3 Å². The van der Waals surface area contributed by atoms with Gasteiger partial charge in [-0.1, -0.05) is 0 Å². The van der Waals surface area contributed by atoms with Crippen LogP contribution in [0.4, 0.5) is 0 Å². The lowest BCUT2D eigenvalue weighted by Crippen LogP contribution is -2.34. The van der Waals surface area contributed by atoms with E-state index < -0.39 is 0 Å². The van der Waals surface area contributed by atoms with Crippen molar-refractivity contribution in [3.05, 3.63) is 17.7 Å². The van der Waals surface area contributed by atoms with Gasteiger partial charge in [0.05, 0.1) is 21.3 Å². The van der Waals surface area contributed by atoms with Crippen molar-refractivity contribution >= 4 is 5.91 Å². The molecule has 1 aromatic carbocycles. The van der Waals surface area contributed by atoms with Gasteiger partial charge in [0.25, 0.3) is 0 Å². The maximum atomic E-state index is 12.1. The van der Waals surface area contributed by atoms with E-state index in [1.54, 1.807) is 28.4 Å². The number of likely N-dealkylation sites (tertiary alicyclic amines) is 1. The first kappa shape index (κ1) is 19.4. The van der Waals surface area contributed by atoms with E-state index in [9.17, 15) is 4.79 Å². The van der Waals surface area contributed by atoms with Crippen LogP contribution in [0.5, 0.6) is 17.2 Å². The van der Waals surface area contributed by atoms with Gasteiger partial charge in [0.1, 0.15) is 0 Å². The van der Waals surface area contributed by atoms with Crippen molar-refractivity contribution in [1.82, 2.24) is 10.2 Å². The molecule has 0 aliphatic carbocycles. The summed E-state index contributed by atoms with van der Waals surface area (Å²) in [4.78, 5) is 14.5. The molecule has 1 fully saturated rings. The second-order valence-electron chi connectivity index (χ2n) is 6.58. The van der Waals surface area contributed by atoms with Crippen LogP contribution in [0.15, 0.2) is 12.1 Å². The first-order valence-electron chi connectivity index (χ1n) is 8.73. The van der Waals surface area contributed by atoms with Gasteiger partial charge in [0.15, 0.2) is 11.5 Å². The molecule has 1 aliphatic rings. The number of carbonyl (C=O) groups is 1. The smallest absolute Gasteiger partial charge is 0.220 e. The van der Waals surface area contributed by atoms with Gasteiger partial charge in [0, 0.05) is 13.5 Å². The number of nitrogens with zero attached hydrogens (tertiary/aromatic N) is 1. The number of rotatable bonds is 7. The van der Waals surface area contributed by atoms with Gasteiger partial charge in [-0.3, -0.25) is 4.79 Å². The Labute approximate surface area is 150 Å². The average molecular weight is 350 g/mol. The van der Waals surface area contributed by atoms with Gasteiger partial charge in [-0.25, -0.2) is 0 Å². The Morgan fingerprint density at radius 1 is 1.16 bits per heavy atom. The summed E-state index contributed by atoms with van der Waals surface area (Å²) >= 11 is 0. The third kappa shape index (κ3) is 4.57. The van der Waals surface area contributed by atoms with Gasteiger partial charge in [-0.05, 0) is 62.5 Å². The standard InChI is InChI=1S/C19H30N2O4/c1-20-18(22)12-15(13-6-8-21(2)9-7-13)14-10-16(23-3)19(25-5)17(11-14)24-4/h10-11,13,15H,6-9,12H2,1-5H3,(H,20,22). The molecule has 1 atom stereocenters. The van der Waals surface area contributed by atoms with Crippen molar-refractivity contribution in [2.24, 2.45) is 5.92 Å². The number of amides is 1. The Hall–Kier alpha value is -1.95. The summed E-state index contributed by atoms with van der Waals surface area (Å²) in [5.41, 5.74) is 1.06. The number of ether oxygens (including phenoxy) is 3. The number of hydrogen-bond donors (Lipinski definition) is 1. The normalized spacial score (nSPS) is 17.0. The summed E-state index contributed by atoms with van der Waals surface area (Å²) in [5.74, 6) is 2.48. The van der Waals surface area contributed by atoms with E-state index >= 15 is 0 Å². The lowest BCUT2D eigenvalue weighted by molar-refractivity contribution is -0.121. The third-order valence-corrected chi connectivity index (χ3v) is 5.13. The molecule has 0 aromatic heterocycles. The van der Waals surface area contributed by atoms with Crippen LogP contribution in [0, 0.1) is 5.92 Å². The van der Waals surface area contributed by atoms with Crippen LogP contribution >= 0.6 is 0 Å². The fourth-order valence-corrected chi connectivity index (χ4v) is 3.60. The number of piperidine rings is 1. The summed E-state index contributed by atoms with van der Waals surface area (Å²) in [6.45, 7) is 2.11. The summed E-state index contributed by atoms with van der Waals surface area (Å²) < 4.78 is 16.4. The van der Waals surface area contributed by atoms with Crippen LogP contribution in [0.1, 0.15) is 30.7 Å². The SMILES string of the molecule is CNC(=O)CC(c1cc(OC)c(OC)c(OC)c1)C1CCN(C)CC1. The minimum absolute atomic E-state index is 0.0534. The monoisotopic (exact) mass is 350 g/mol. The van der Waals surface area contributed by atoms with Crippen LogP contribution in [0.2, 0.25) is 0 Å². The number of benzene rings is 1. The number of carbonyl (C=O) groups excluding carboxylic acids is 1. The summed E-state index contributed by atoms with van der Waals surface area (Å²) in [6.07, 6.45) is 2.62. The summed E-state index contributed by atoms with van der Waals surface area (Å²) in [5, 5.41) is 2.76. The van der Waals surface area contributed by atoms with Crippen LogP contribution in [-0.2, 0) is 4.79 Å². The van der Waals surface area contributed by atoms with Crippen molar-refractivity contribution in [2.75, 3.05) is 48.5 Å². The van der Waals surface area contributed by atoms with Crippen molar-refractivity contribution in [3.8, 4) is 17.2 Å². The highest BCUT2D eigenvalue weighted by Gasteiger charge is 2.30. The van der Waals surface area contributed by atoms with E-state index in [2.05, 4.69) is 17.3 Å². The fraction of sp³-hybridized carbons (Fsp3) is 0.632. The Kier molecular flexibility index (Phi) is 6.93. The Balaban J connectivity index is 2.40. The van der Waals surface area contributed by atoms with Crippen molar-refractivity contribution in [3.63, 3.8) is 0 Å². The number of methoxy groups -OCH3 is 3. The molecule has 140 valence electrons. The van der Waals surface area contributed by atoms with Crippen LogP contribution < -0.4 is 19.5 Å². The van der Waals surface area contributed by atoms with E-state index in [0.29, 0.717) is 29.6 Å². The van der Waals surface area contributed by atoms with Crippen molar-refractivity contribution in [2.45, 2.75) is 25.2 Å². The Morgan fingerprint density at radius 3 is 2.16 bits per heavy atom. The fourth-order valence-electron chi connectivity index (χ4n) is 3.60. The zero-order valence-electron chi connectivity index (χ0n) is 15.9. The second-order valence-corrected chi connectivity index (χ2v) is 6.58. The molecule has 1 heterocycles. The molecule has 1 N–H and O–H groups in total. The molecule has 6 nitrogen and oxygen atoms in total. The predicted octanol–water partition coefficient (Wildman–Crippen LogP) is 2.27. The molecular weight excluding hydrogens is 320 g/mol. The maximum absolute atomic E-state index is 12.1. The van der Waals surface area contributed by atoms with Gasteiger partial charge in [-0.15, -0.1) is 0 Å². The van der Waals surface area contributed by atoms with Crippen molar-refractivity contribution < 1.29 is 19.0 Å².